The van der Waals surface area contributed by atoms with Crippen LogP contribution < -0.4 is 10.9 Å². The van der Waals surface area contributed by atoms with E-state index in [9.17, 15) is 0 Å². The molecule has 0 aromatic rings. The van der Waals surface area contributed by atoms with Crippen molar-refractivity contribution in [3.63, 3.8) is 0 Å². The van der Waals surface area contributed by atoms with Crippen molar-refractivity contribution in [3.8, 4) is 0 Å². The molecule has 0 aromatic heterocycles. The molecule has 44 valence electrons. The van der Waals surface area contributed by atoms with E-state index in [2.05, 4.69) is 10.9 Å². The minimum atomic E-state index is 0.852. The average Bonchev–Trinajstić information content (AvgIpc) is 2.39. The molecule has 8 heavy (non-hydrogen) atoms. The molecule has 0 aromatic carbocycles. The molecule has 1 aliphatic heterocycles. The van der Waals surface area contributed by atoms with E-state index >= 15 is 0 Å². The van der Waals surface area contributed by atoms with Gasteiger partial charge in [-0.05, 0) is 24.7 Å². The number of fused-ring (bicyclic) bond motifs is 5. The van der Waals surface area contributed by atoms with Gasteiger partial charge in [0.25, 0.3) is 0 Å². The van der Waals surface area contributed by atoms with Crippen LogP contribution in [0, 0.1) is 11.8 Å². The molecule has 4 unspecified atom stereocenters. The molecule has 4 atom stereocenters. The summed E-state index contributed by atoms with van der Waals surface area (Å²) in [6, 6.07) is 1.70. The molecule has 3 fully saturated rings. The zero-order valence-electron chi connectivity index (χ0n) is 4.72. The van der Waals surface area contributed by atoms with Crippen molar-refractivity contribution < 1.29 is 0 Å². The first-order valence-electron chi connectivity index (χ1n) is 3.46. The lowest BCUT2D eigenvalue weighted by molar-refractivity contribution is 0.420. The Labute approximate surface area is 48.6 Å². The van der Waals surface area contributed by atoms with Gasteiger partial charge in [-0.1, -0.05) is 0 Å². The van der Waals surface area contributed by atoms with Gasteiger partial charge in [-0.25, -0.2) is 0 Å². The van der Waals surface area contributed by atoms with E-state index < -0.39 is 0 Å². The maximum atomic E-state index is 3.30. The van der Waals surface area contributed by atoms with Gasteiger partial charge < -0.3 is 0 Å². The van der Waals surface area contributed by atoms with Gasteiger partial charge >= 0.3 is 0 Å². The standard InChI is InChI=1S/C6H10N2/c1-3-4(1)6-2-5(3)7-8-6/h3-8H,1-2H2. The van der Waals surface area contributed by atoms with E-state index in [0.29, 0.717) is 0 Å². The zero-order chi connectivity index (χ0) is 5.14. The predicted octanol–water partition coefficient (Wildman–Crippen LogP) is -0.129. The monoisotopic (exact) mass is 110 g/mol. The van der Waals surface area contributed by atoms with Crippen molar-refractivity contribution in [1.29, 1.82) is 0 Å². The summed E-state index contributed by atoms with van der Waals surface area (Å²) in [7, 11) is 0. The molecule has 2 aliphatic carbocycles. The van der Waals surface area contributed by atoms with Crippen LogP contribution >= 0.6 is 0 Å². The van der Waals surface area contributed by atoms with Gasteiger partial charge in [0.15, 0.2) is 0 Å². The molecular weight excluding hydrogens is 100 g/mol. The number of nitrogens with one attached hydrogen (secondary N) is 2. The summed E-state index contributed by atoms with van der Waals surface area (Å²) in [5, 5.41) is 0. The van der Waals surface area contributed by atoms with Gasteiger partial charge in [0.1, 0.15) is 0 Å². The third-order valence-electron chi connectivity index (χ3n) is 2.89. The SMILES string of the molecule is C1C2NNC1C1CC21. The first-order chi connectivity index (χ1) is 3.95. The highest BCUT2D eigenvalue weighted by molar-refractivity contribution is 5.12. The Bertz CT molecular complexity index is 120. The first kappa shape index (κ1) is 3.85. The molecule has 0 amide bonds. The summed E-state index contributed by atoms with van der Waals surface area (Å²) < 4.78 is 0. The quantitative estimate of drug-likeness (QED) is 0.454. The highest BCUT2D eigenvalue weighted by Gasteiger charge is 2.57. The summed E-state index contributed by atoms with van der Waals surface area (Å²) in [6.07, 6.45) is 2.89. The summed E-state index contributed by atoms with van der Waals surface area (Å²) in [5.41, 5.74) is 6.59. The minimum Gasteiger partial charge on any atom is -0.254 e. The molecule has 0 radical (unpaired) electrons. The molecule has 2 bridgehead atoms. The van der Waals surface area contributed by atoms with Gasteiger partial charge in [-0.15, -0.1) is 0 Å². The summed E-state index contributed by atoms with van der Waals surface area (Å²) in [5.74, 6) is 2.14. The number of hydrogen-bond donors (Lipinski definition) is 2. The Morgan fingerprint density at radius 2 is 1.50 bits per heavy atom. The van der Waals surface area contributed by atoms with E-state index in [-0.39, 0.29) is 0 Å². The van der Waals surface area contributed by atoms with Crippen molar-refractivity contribution in [2.24, 2.45) is 11.8 Å². The molecular formula is C6H10N2. The zero-order valence-corrected chi connectivity index (χ0v) is 4.72. The fourth-order valence-corrected chi connectivity index (χ4v) is 2.33. The van der Waals surface area contributed by atoms with Crippen LogP contribution in [0.25, 0.3) is 0 Å². The van der Waals surface area contributed by atoms with Crippen LogP contribution in [0.2, 0.25) is 0 Å². The third kappa shape index (κ3) is 0.273. The fraction of sp³-hybridized carbons (Fsp3) is 1.00. The first-order valence-corrected chi connectivity index (χ1v) is 3.46. The average molecular weight is 110 g/mol. The third-order valence-corrected chi connectivity index (χ3v) is 2.89. The second-order valence-electron chi connectivity index (χ2n) is 3.30. The Kier molecular flexibility index (Phi) is 0.461. The van der Waals surface area contributed by atoms with Gasteiger partial charge in [0, 0.05) is 12.1 Å². The largest absolute Gasteiger partial charge is 0.254 e. The summed E-state index contributed by atoms with van der Waals surface area (Å²) in [6.45, 7) is 0. The molecule has 3 aliphatic rings. The lowest BCUT2D eigenvalue weighted by Gasteiger charge is -2.09. The van der Waals surface area contributed by atoms with Crippen LogP contribution in [0.15, 0.2) is 0 Å². The van der Waals surface area contributed by atoms with E-state index in [1.165, 1.54) is 12.8 Å². The van der Waals surface area contributed by atoms with Crippen LogP contribution in [0.5, 0.6) is 0 Å². The van der Waals surface area contributed by atoms with E-state index in [0.717, 1.165) is 23.9 Å². The van der Waals surface area contributed by atoms with Gasteiger partial charge in [-0.2, -0.15) is 0 Å². The molecule has 0 spiro atoms. The van der Waals surface area contributed by atoms with E-state index in [1.54, 1.807) is 0 Å². The molecule has 1 saturated heterocycles. The Balaban J connectivity index is 2.02. The van der Waals surface area contributed by atoms with Crippen LogP contribution in [0.3, 0.4) is 0 Å². The molecule has 1 heterocycles. The number of hydrazine groups is 1. The molecule has 3 rings (SSSR count). The fourth-order valence-electron chi connectivity index (χ4n) is 2.33. The molecule has 2 N–H and O–H groups in total. The minimum absolute atomic E-state index is 0.852. The Morgan fingerprint density at radius 3 is 1.88 bits per heavy atom. The Morgan fingerprint density at radius 1 is 0.875 bits per heavy atom. The highest BCUT2D eigenvalue weighted by atomic mass is 15.4. The highest BCUT2D eigenvalue weighted by Crippen LogP contribution is 2.53. The molecule has 2 saturated carbocycles. The van der Waals surface area contributed by atoms with E-state index in [1.807, 2.05) is 0 Å². The van der Waals surface area contributed by atoms with Gasteiger partial charge in [-0.3, -0.25) is 10.9 Å². The second kappa shape index (κ2) is 0.957. The normalized spacial score (nSPS) is 66.0. The van der Waals surface area contributed by atoms with E-state index in [4.69, 9.17) is 0 Å². The predicted molar refractivity (Wildman–Crippen MR) is 30.1 cm³/mol. The van der Waals surface area contributed by atoms with Crippen molar-refractivity contribution in [3.05, 3.63) is 0 Å². The molecule has 2 heteroatoms. The number of hydrogen-bond acceptors (Lipinski definition) is 2. The maximum Gasteiger partial charge on any atom is 0.0260 e. The van der Waals surface area contributed by atoms with Crippen LogP contribution in [-0.4, -0.2) is 12.1 Å². The molecule has 2 nitrogen and oxygen atoms in total. The van der Waals surface area contributed by atoms with Crippen molar-refractivity contribution >= 4 is 0 Å². The van der Waals surface area contributed by atoms with Crippen LogP contribution in [0.1, 0.15) is 12.8 Å². The topological polar surface area (TPSA) is 24.1 Å². The van der Waals surface area contributed by atoms with Crippen molar-refractivity contribution in [2.75, 3.05) is 0 Å². The maximum absolute atomic E-state index is 3.30. The number of rotatable bonds is 0. The smallest absolute Gasteiger partial charge is 0.0260 e. The lowest BCUT2D eigenvalue weighted by atomic mass is 10.2. The lowest BCUT2D eigenvalue weighted by Crippen LogP contribution is -2.39. The summed E-state index contributed by atoms with van der Waals surface area (Å²) >= 11 is 0. The van der Waals surface area contributed by atoms with Crippen molar-refractivity contribution in [1.82, 2.24) is 10.9 Å². The van der Waals surface area contributed by atoms with Crippen LogP contribution in [-0.2, 0) is 0 Å². The van der Waals surface area contributed by atoms with Crippen LogP contribution in [0.4, 0.5) is 0 Å². The van der Waals surface area contributed by atoms with Gasteiger partial charge in [0.05, 0.1) is 0 Å². The van der Waals surface area contributed by atoms with Gasteiger partial charge in [0.2, 0.25) is 0 Å². The van der Waals surface area contributed by atoms with Crippen molar-refractivity contribution in [2.45, 2.75) is 24.9 Å². The second-order valence-corrected chi connectivity index (χ2v) is 3.30. The Hall–Kier alpha value is -0.0800. The summed E-state index contributed by atoms with van der Waals surface area (Å²) in [4.78, 5) is 0.